The fourth-order valence-corrected chi connectivity index (χ4v) is 1.48. The summed E-state index contributed by atoms with van der Waals surface area (Å²) in [4.78, 5) is 0. The van der Waals surface area contributed by atoms with Crippen molar-refractivity contribution in [1.29, 1.82) is 0 Å². The third kappa shape index (κ3) is 7.93. The molecule has 0 amide bonds. The van der Waals surface area contributed by atoms with E-state index < -0.39 is 0 Å². The van der Waals surface area contributed by atoms with E-state index >= 15 is 0 Å². The smallest absolute Gasteiger partial charge is 0.0336 e. The van der Waals surface area contributed by atoms with Crippen LogP contribution in [0.2, 0.25) is 0 Å². The largest absolute Gasteiger partial charge is 0.123 e. The molecule has 0 saturated carbocycles. The van der Waals surface area contributed by atoms with Gasteiger partial charge < -0.3 is 0 Å². The van der Waals surface area contributed by atoms with Crippen molar-refractivity contribution >= 4 is 11.6 Å². The van der Waals surface area contributed by atoms with Gasteiger partial charge in [0.05, 0.1) is 0 Å². The first-order chi connectivity index (χ1) is 5.31. The second kappa shape index (κ2) is 8.13. The molecule has 0 aliphatic heterocycles. The van der Waals surface area contributed by atoms with Crippen molar-refractivity contribution in [2.45, 2.75) is 50.8 Å². The van der Waals surface area contributed by atoms with E-state index in [-0.39, 0.29) is 0 Å². The molecule has 0 N–H and O–H groups in total. The van der Waals surface area contributed by atoms with Crippen molar-refractivity contribution < 1.29 is 0 Å². The van der Waals surface area contributed by atoms with Crippen LogP contribution >= 0.6 is 11.6 Å². The molecule has 0 aromatic carbocycles. The first-order valence-corrected chi connectivity index (χ1v) is 4.99. The number of allylic oxidation sites excluding steroid dienone is 1. The third-order valence-corrected chi connectivity index (χ3v) is 2.21. The fraction of sp³-hybridized carbons (Fsp3) is 0.800. The van der Waals surface area contributed by atoms with Gasteiger partial charge in [0, 0.05) is 5.38 Å². The molecule has 0 aromatic heterocycles. The quantitative estimate of drug-likeness (QED) is 0.309. The Bertz CT molecular complexity index is 88.9. The monoisotopic (exact) mass is 174 g/mol. The summed E-state index contributed by atoms with van der Waals surface area (Å²) in [6.45, 7) is 5.86. The summed E-state index contributed by atoms with van der Waals surface area (Å²) in [7, 11) is 0. The zero-order chi connectivity index (χ0) is 8.53. The predicted molar refractivity (Wildman–Crippen MR) is 53.2 cm³/mol. The van der Waals surface area contributed by atoms with Crippen LogP contribution in [0.5, 0.6) is 0 Å². The zero-order valence-corrected chi connectivity index (χ0v) is 8.24. The average molecular weight is 175 g/mol. The summed E-state index contributed by atoms with van der Waals surface area (Å²) < 4.78 is 0. The molecule has 0 radical (unpaired) electrons. The van der Waals surface area contributed by atoms with E-state index in [1.54, 1.807) is 0 Å². The third-order valence-electron chi connectivity index (χ3n) is 1.78. The lowest BCUT2D eigenvalue weighted by atomic mass is 10.1. The Morgan fingerprint density at radius 3 is 2.64 bits per heavy atom. The van der Waals surface area contributed by atoms with Gasteiger partial charge in [-0.25, -0.2) is 0 Å². The van der Waals surface area contributed by atoms with Gasteiger partial charge in [-0.05, 0) is 25.7 Å². The van der Waals surface area contributed by atoms with Gasteiger partial charge in [0.25, 0.3) is 0 Å². The van der Waals surface area contributed by atoms with Gasteiger partial charge in [0.15, 0.2) is 0 Å². The van der Waals surface area contributed by atoms with Crippen LogP contribution in [0, 0.1) is 0 Å². The van der Waals surface area contributed by atoms with E-state index in [2.05, 4.69) is 13.5 Å². The topological polar surface area (TPSA) is 0 Å². The molecule has 0 heterocycles. The van der Waals surface area contributed by atoms with E-state index in [0.29, 0.717) is 5.38 Å². The van der Waals surface area contributed by atoms with Gasteiger partial charge in [-0.1, -0.05) is 25.8 Å². The molecule has 0 aliphatic rings. The van der Waals surface area contributed by atoms with Crippen LogP contribution in [-0.2, 0) is 0 Å². The number of hydrogen-bond donors (Lipinski definition) is 0. The highest BCUT2D eigenvalue weighted by atomic mass is 35.5. The molecule has 1 atom stereocenters. The summed E-state index contributed by atoms with van der Waals surface area (Å²) in [6, 6.07) is 0. The van der Waals surface area contributed by atoms with Crippen LogP contribution in [0.15, 0.2) is 12.7 Å². The molecule has 0 fully saturated rings. The van der Waals surface area contributed by atoms with Gasteiger partial charge in [-0.2, -0.15) is 0 Å². The number of halogens is 1. The normalized spacial score (nSPS) is 12.9. The Morgan fingerprint density at radius 1 is 1.36 bits per heavy atom. The van der Waals surface area contributed by atoms with Crippen LogP contribution in [0.25, 0.3) is 0 Å². The van der Waals surface area contributed by atoms with Gasteiger partial charge >= 0.3 is 0 Å². The summed E-state index contributed by atoms with van der Waals surface area (Å²) in [5.41, 5.74) is 0. The Labute approximate surface area is 75.6 Å². The van der Waals surface area contributed by atoms with Crippen molar-refractivity contribution in [3.8, 4) is 0 Å². The van der Waals surface area contributed by atoms with Crippen molar-refractivity contribution in [3.05, 3.63) is 12.7 Å². The molecule has 0 rings (SSSR count). The average Bonchev–Trinajstić information content (AvgIpc) is 1.99. The van der Waals surface area contributed by atoms with Crippen molar-refractivity contribution in [1.82, 2.24) is 0 Å². The zero-order valence-electron chi connectivity index (χ0n) is 7.48. The standard InChI is InChI=1S/C10H19Cl/c1-3-5-6-7-9-10(11)8-4-2/h3,10H,1,4-9H2,2H3. The van der Waals surface area contributed by atoms with E-state index in [1.807, 2.05) is 6.08 Å². The van der Waals surface area contributed by atoms with Gasteiger partial charge in [-0.15, -0.1) is 18.2 Å². The highest BCUT2D eigenvalue weighted by Crippen LogP contribution is 2.13. The summed E-state index contributed by atoms with van der Waals surface area (Å²) in [6.07, 6.45) is 9.14. The first kappa shape index (κ1) is 11.0. The molecule has 0 spiro atoms. The van der Waals surface area contributed by atoms with Gasteiger partial charge in [0.1, 0.15) is 0 Å². The molecule has 0 aromatic rings. The van der Waals surface area contributed by atoms with E-state index in [1.165, 1.54) is 25.7 Å². The SMILES string of the molecule is C=CCCCCC(Cl)CCC. The molecule has 1 unspecified atom stereocenters. The number of alkyl halides is 1. The van der Waals surface area contributed by atoms with Crippen molar-refractivity contribution in [2.75, 3.05) is 0 Å². The second-order valence-electron chi connectivity index (χ2n) is 2.96. The van der Waals surface area contributed by atoms with Crippen LogP contribution in [0.4, 0.5) is 0 Å². The lowest BCUT2D eigenvalue weighted by Crippen LogP contribution is -1.96. The first-order valence-electron chi connectivity index (χ1n) is 4.56. The minimum Gasteiger partial charge on any atom is -0.123 e. The summed E-state index contributed by atoms with van der Waals surface area (Å²) in [5, 5.41) is 0.407. The van der Waals surface area contributed by atoms with E-state index in [0.717, 1.165) is 12.8 Å². The minimum absolute atomic E-state index is 0.407. The van der Waals surface area contributed by atoms with Crippen LogP contribution < -0.4 is 0 Å². The van der Waals surface area contributed by atoms with Crippen LogP contribution in [0.1, 0.15) is 45.4 Å². The minimum atomic E-state index is 0.407. The number of hydrogen-bond acceptors (Lipinski definition) is 0. The molecule has 0 nitrogen and oxygen atoms in total. The summed E-state index contributed by atoms with van der Waals surface area (Å²) >= 11 is 6.03. The Balaban J connectivity index is 3.03. The number of unbranched alkanes of at least 4 members (excludes halogenated alkanes) is 2. The molecule has 1 heteroatoms. The highest BCUT2D eigenvalue weighted by molar-refractivity contribution is 6.20. The lowest BCUT2D eigenvalue weighted by Gasteiger charge is -2.05. The molecule has 11 heavy (non-hydrogen) atoms. The van der Waals surface area contributed by atoms with Crippen molar-refractivity contribution in [3.63, 3.8) is 0 Å². The Hall–Kier alpha value is 0.0300. The second-order valence-corrected chi connectivity index (χ2v) is 3.58. The van der Waals surface area contributed by atoms with Crippen molar-refractivity contribution in [2.24, 2.45) is 0 Å². The van der Waals surface area contributed by atoms with Gasteiger partial charge in [0.2, 0.25) is 0 Å². The maximum Gasteiger partial charge on any atom is 0.0336 e. The lowest BCUT2D eigenvalue weighted by molar-refractivity contribution is 0.618. The maximum atomic E-state index is 6.03. The Kier molecular flexibility index (Phi) is 8.15. The molecule has 0 saturated heterocycles. The molecular weight excluding hydrogens is 156 g/mol. The molecule has 66 valence electrons. The van der Waals surface area contributed by atoms with Crippen LogP contribution in [0.3, 0.4) is 0 Å². The van der Waals surface area contributed by atoms with Gasteiger partial charge in [-0.3, -0.25) is 0 Å². The molecular formula is C10H19Cl. The molecule has 0 aliphatic carbocycles. The fourth-order valence-electron chi connectivity index (χ4n) is 1.11. The van der Waals surface area contributed by atoms with E-state index in [4.69, 9.17) is 11.6 Å². The van der Waals surface area contributed by atoms with Crippen LogP contribution in [-0.4, -0.2) is 5.38 Å². The maximum absolute atomic E-state index is 6.03. The van der Waals surface area contributed by atoms with E-state index in [9.17, 15) is 0 Å². The summed E-state index contributed by atoms with van der Waals surface area (Å²) in [5.74, 6) is 0. The highest BCUT2D eigenvalue weighted by Gasteiger charge is 2.00. The Morgan fingerprint density at radius 2 is 2.09 bits per heavy atom. The molecule has 0 bridgehead atoms. The predicted octanol–water partition coefficient (Wildman–Crippen LogP) is 4.14. The number of rotatable bonds is 7.